The van der Waals surface area contributed by atoms with E-state index in [1.54, 1.807) is 0 Å². The molecule has 7 N–H and O–H groups in total. The number of halogens is 1. The summed E-state index contributed by atoms with van der Waals surface area (Å²) in [7, 11) is -10.4. The fourth-order valence-electron chi connectivity index (χ4n) is 4.82. The number of carbonyl (C=O) groups is 1. The number of nitrogens with zero attached hydrogens (tertiary/aromatic N) is 4. The number of primary amides is 1. The van der Waals surface area contributed by atoms with E-state index < -0.39 is 89.2 Å². The fraction of sp³-hybridized carbons (Fsp3) is 0.478. The third kappa shape index (κ3) is 6.68. The summed E-state index contributed by atoms with van der Waals surface area (Å²) in [4.78, 5) is 48.1. The maximum atomic E-state index is 14.9. The van der Waals surface area contributed by atoms with Crippen LogP contribution in [0.5, 0.6) is 0 Å². The zero-order valence-corrected chi connectivity index (χ0v) is 24.2. The van der Waals surface area contributed by atoms with Gasteiger partial charge in [0.05, 0.1) is 25.4 Å². The Labute approximate surface area is 247 Å². The summed E-state index contributed by atoms with van der Waals surface area (Å²) in [5.74, 6) is -2.37. The number of imidazole rings is 1. The number of rotatable bonds is 11. The highest BCUT2D eigenvalue weighted by molar-refractivity contribution is 7.69. The van der Waals surface area contributed by atoms with Crippen molar-refractivity contribution in [1.82, 2.24) is 19.5 Å². The summed E-state index contributed by atoms with van der Waals surface area (Å²) >= 11 is 0. The first-order valence-corrected chi connectivity index (χ1v) is 16.3. The Balaban J connectivity index is 1.16. The zero-order valence-electron chi connectivity index (χ0n) is 22.4. The predicted molar refractivity (Wildman–Crippen MR) is 141 cm³/mol. The van der Waals surface area contributed by atoms with Gasteiger partial charge >= 0.3 is 0 Å². The van der Waals surface area contributed by atoms with Gasteiger partial charge in [-0.3, -0.25) is 9.36 Å². The second kappa shape index (κ2) is 12.5. The SMILES string of the molecule is NC(=O)c1cccc([C@@H]2O[C@H](COP(=O)([O-])CP(=O)([O-])OCC3OC(n4cnc5c(N)ncnc54)C(F)C3O)[C@@H](O)[C@H]2O)c1. The molecular formula is C23H27FN6O12P2-2. The quantitative estimate of drug-likeness (QED) is 0.140. The maximum absolute atomic E-state index is 14.9. The zero-order chi connectivity index (χ0) is 32.0. The third-order valence-corrected chi connectivity index (χ3v) is 10.9. The average Bonchev–Trinajstić information content (AvgIpc) is 3.61. The molecule has 0 aliphatic carbocycles. The van der Waals surface area contributed by atoms with Gasteiger partial charge in [-0.1, -0.05) is 12.1 Å². The van der Waals surface area contributed by atoms with Crippen LogP contribution < -0.4 is 21.3 Å². The van der Waals surface area contributed by atoms with Crippen molar-refractivity contribution in [3.63, 3.8) is 0 Å². The Kier molecular flexibility index (Phi) is 9.19. The molecule has 0 radical (unpaired) electrons. The molecule has 2 aliphatic heterocycles. The average molecular weight is 660 g/mol. The van der Waals surface area contributed by atoms with Crippen LogP contribution in [0.3, 0.4) is 0 Å². The van der Waals surface area contributed by atoms with Crippen molar-refractivity contribution in [2.75, 3.05) is 24.9 Å². The summed E-state index contributed by atoms with van der Waals surface area (Å²) in [6.45, 7) is -1.81. The first-order chi connectivity index (χ1) is 20.7. The summed E-state index contributed by atoms with van der Waals surface area (Å²) < 4.78 is 61.4. The number of ether oxygens (including phenoxy) is 2. The molecule has 6 unspecified atom stereocenters. The van der Waals surface area contributed by atoms with E-state index >= 15 is 0 Å². The Hall–Kier alpha value is -2.93. The lowest BCUT2D eigenvalue weighted by Gasteiger charge is -2.32. The number of hydrogen-bond donors (Lipinski definition) is 5. The second-order valence-electron chi connectivity index (χ2n) is 10.1. The molecule has 10 atom stereocenters. The van der Waals surface area contributed by atoms with E-state index in [4.69, 9.17) is 30.0 Å². The van der Waals surface area contributed by atoms with Gasteiger partial charge in [0.1, 0.15) is 63.7 Å². The van der Waals surface area contributed by atoms with E-state index in [1.165, 1.54) is 24.3 Å². The largest absolute Gasteiger partial charge is 0.778 e. The number of nitrogens with two attached hydrogens (primary N) is 2. The van der Waals surface area contributed by atoms with E-state index in [-0.39, 0.29) is 28.1 Å². The van der Waals surface area contributed by atoms with E-state index in [0.29, 0.717) is 0 Å². The molecule has 2 aliphatic rings. The highest BCUT2D eigenvalue weighted by Gasteiger charge is 2.47. The molecule has 21 heteroatoms. The molecule has 44 heavy (non-hydrogen) atoms. The standard InChI is InChI=1S/C23H29FN6O12P2/c24-14-16(31)12(42-23(14)30-8-29-15-20(25)27-7-28-22(15)30)5-39-43(35,36)9-44(37,38)40-6-13-17(32)18(33)19(41-13)10-2-1-3-11(4-10)21(26)34/h1-4,7-8,12-14,16-19,23,31-33H,5-6,9H2,(H2,26,34)(H,35,36)(H,37,38)(H2,25,27,28)/p-2/t12?,13-,14?,16?,17-,18-,19+,23?/m1/s1. The summed E-state index contributed by atoms with van der Waals surface area (Å²) in [5.41, 5.74) is 11.6. The predicted octanol–water partition coefficient (Wildman–Crippen LogP) is -1.94. The number of hydrogen-bond acceptors (Lipinski definition) is 16. The number of alkyl halides is 1. The van der Waals surface area contributed by atoms with Crippen molar-refractivity contribution >= 4 is 38.1 Å². The Morgan fingerprint density at radius 2 is 1.68 bits per heavy atom. The monoisotopic (exact) mass is 660 g/mol. The number of anilines is 1. The molecule has 2 fully saturated rings. The van der Waals surface area contributed by atoms with Gasteiger partial charge < -0.3 is 64.2 Å². The Morgan fingerprint density at radius 1 is 1.02 bits per heavy atom. The molecule has 2 saturated heterocycles. The summed E-state index contributed by atoms with van der Waals surface area (Å²) in [6, 6.07) is 5.70. The van der Waals surface area contributed by atoms with Crippen LogP contribution in [0.1, 0.15) is 28.3 Å². The van der Waals surface area contributed by atoms with Gasteiger partial charge in [0.15, 0.2) is 23.9 Å². The van der Waals surface area contributed by atoms with Gasteiger partial charge in [-0.25, -0.2) is 19.3 Å². The highest BCUT2D eigenvalue weighted by Crippen LogP contribution is 2.54. The van der Waals surface area contributed by atoms with E-state index in [0.717, 1.165) is 17.2 Å². The van der Waals surface area contributed by atoms with E-state index in [9.17, 15) is 43.4 Å². The molecule has 0 bridgehead atoms. The van der Waals surface area contributed by atoms with E-state index in [1.807, 2.05) is 0 Å². The number of fused-ring (bicyclic) bond motifs is 1. The maximum Gasteiger partial charge on any atom is 0.248 e. The molecule has 1 aromatic carbocycles. The number of nitrogen functional groups attached to an aromatic ring is 1. The first kappa shape index (κ1) is 32.5. The van der Waals surface area contributed by atoms with Crippen LogP contribution in [0, 0.1) is 0 Å². The molecular weight excluding hydrogens is 633 g/mol. The molecule has 18 nitrogen and oxygen atoms in total. The normalized spacial score (nSPS) is 31.6. The van der Waals surface area contributed by atoms with Crippen molar-refractivity contribution in [1.29, 1.82) is 0 Å². The van der Waals surface area contributed by atoms with Crippen LogP contribution in [-0.2, 0) is 27.7 Å². The van der Waals surface area contributed by atoms with Crippen LogP contribution >= 0.6 is 15.2 Å². The van der Waals surface area contributed by atoms with Gasteiger partial charge in [-0.05, 0) is 17.7 Å². The van der Waals surface area contributed by atoms with Crippen LogP contribution in [0.25, 0.3) is 11.2 Å². The van der Waals surface area contributed by atoms with Crippen molar-refractivity contribution < 1.29 is 61.9 Å². The number of aliphatic hydroxyl groups is 3. The fourth-order valence-corrected chi connectivity index (χ4v) is 7.92. The van der Waals surface area contributed by atoms with Crippen molar-refractivity contribution in [2.45, 2.75) is 49.0 Å². The topological polar surface area (TPSA) is 291 Å². The number of amides is 1. The van der Waals surface area contributed by atoms with Crippen molar-refractivity contribution in [2.24, 2.45) is 5.73 Å². The first-order valence-electron chi connectivity index (χ1n) is 12.9. The van der Waals surface area contributed by atoms with E-state index in [2.05, 4.69) is 15.0 Å². The van der Waals surface area contributed by atoms with Crippen LogP contribution in [-0.4, -0.2) is 96.6 Å². The minimum atomic E-state index is -5.22. The second-order valence-corrected chi connectivity index (χ2v) is 14.2. The van der Waals surface area contributed by atoms with Crippen LogP contribution in [0.2, 0.25) is 0 Å². The molecule has 0 saturated carbocycles. The lowest BCUT2D eigenvalue weighted by Crippen LogP contribution is -2.34. The van der Waals surface area contributed by atoms with Crippen molar-refractivity contribution in [3.05, 3.63) is 48.0 Å². The third-order valence-electron chi connectivity index (χ3n) is 7.03. The molecule has 1 amide bonds. The number of aromatic nitrogens is 4. The number of aliphatic hydroxyl groups excluding tert-OH is 3. The van der Waals surface area contributed by atoms with Crippen LogP contribution in [0.4, 0.5) is 10.2 Å². The van der Waals surface area contributed by atoms with Gasteiger partial charge in [0, 0.05) is 5.56 Å². The number of carbonyl (C=O) groups excluding carboxylic acids is 1. The Bertz CT molecular complexity index is 1630. The summed E-state index contributed by atoms with van der Waals surface area (Å²) in [6.07, 6.45) is -10.5. The molecule has 5 rings (SSSR count). The Morgan fingerprint density at radius 3 is 2.34 bits per heavy atom. The molecule has 240 valence electrons. The minimum Gasteiger partial charge on any atom is -0.778 e. The van der Waals surface area contributed by atoms with Crippen LogP contribution in [0.15, 0.2) is 36.9 Å². The van der Waals surface area contributed by atoms with Crippen molar-refractivity contribution in [3.8, 4) is 0 Å². The smallest absolute Gasteiger partial charge is 0.248 e. The van der Waals surface area contributed by atoms with Gasteiger partial charge in [-0.2, -0.15) is 0 Å². The number of benzene rings is 1. The lowest BCUT2D eigenvalue weighted by molar-refractivity contribution is -0.210. The van der Waals surface area contributed by atoms with Gasteiger partial charge in [0.25, 0.3) is 0 Å². The summed E-state index contributed by atoms with van der Waals surface area (Å²) in [5, 5.41) is 31.0. The van der Waals surface area contributed by atoms with Gasteiger partial charge in [-0.15, -0.1) is 0 Å². The molecule has 3 aromatic rings. The molecule has 4 heterocycles. The molecule has 0 spiro atoms. The minimum absolute atomic E-state index is 0.0131. The van der Waals surface area contributed by atoms with Gasteiger partial charge in [0.2, 0.25) is 5.91 Å². The highest BCUT2D eigenvalue weighted by atomic mass is 31.2. The lowest BCUT2D eigenvalue weighted by atomic mass is 10.00. The molecule has 2 aromatic heterocycles.